The second kappa shape index (κ2) is 8.11. The van der Waals surface area contributed by atoms with E-state index < -0.39 is 0 Å². The summed E-state index contributed by atoms with van der Waals surface area (Å²) in [5, 5.41) is 9.09. The SMILES string of the molecule is CCOCc1nc(NN)cc(N(CCCO)C2CCC2)n1. The van der Waals surface area contributed by atoms with E-state index in [0.717, 1.165) is 18.8 Å². The number of nitrogens with two attached hydrogens (primary N) is 1. The lowest BCUT2D eigenvalue weighted by atomic mass is 9.91. The first-order valence-corrected chi connectivity index (χ1v) is 7.58. The standard InChI is InChI=1S/C14H25N5O2/c1-2-21-10-13-16-12(18-15)9-14(17-13)19(7-4-8-20)11-5-3-6-11/h9,11,20H,2-8,10,15H2,1H3,(H,16,17,18). The minimum Gasteiger partial charge on any atom is -0.396 e. The van der Waals surface area contributed by atoms with Gasteiger partial charge in [-0.15, -0.1) is 0 Å². The Morgan fingerprint density at radius 2 is 2.29 bits per heavy atom. The first-order valence-electron chi connectivity index (χ1n) is 7.58. The van der Waals surface area contributed by atoms with E-state index in [1.54, 1.807) is 0 Å². The molecule has 118 valence electrons. The normalized spacial score (nSPS) is 14.8. The van der Waals surface area contributed by atoms with E-state index >= 15 is 0 Å². The Hall–Kier alpha value is -1.44. The lowest BCUT2D eigenvalue weighted by Gasteiger charge is -2.38. The highest BCUT2D eigenvalue weighted by Crippen LogP contribution is 2.29. The second-order valence-corrected chi connectivity index (χ2v) is 5.16. The van der Waals surface area contributed by atoms with E-state index in [9.17, 15) is 0 Å². The van der Waals surface area contributed by atoms with E-state index in [-0.39, 0.29) is 6.61 Å². The maximum atomic E-state index is 9.09. The smallest absolute Gasteiger partial charge is 0.158 e. The topological polar surface area (TPSA) is 96.5 Å². The maximum absolute atomic E-state index is 9.09. The zero-order chi connectivity index (χ0) is 15.1. The van der Waals surface area contributed by atoms with Crippen LogP contribution in [0.1, 0.15) is 38.4 Å². The van der Waals surface area contributed by atoms with Crippen molar-refractivity contribution in [3.63, 3.8) is 0 Å². The van der Waals surface area contributed by atoms with Gasteiger partial charge in [-0.05, 0) is 32.6 Å². The van der Waals surface area contributed by atoms with Gasteiger partial charge in [0.2, 0.25) is 0 Å². The molecule has 1 aromatic rings. The van der Waals surface area contributed by atoms with E-state index in [4.69, 9.17) is 15.7 Å². The summed E-state index contributed by atoms with van der Waals surface area (Å²) in [6.07, 6.45) is 4.31. The van der Waals surface area contributed by atoms with Gasteiger partial charge in [-0.3, -0.25) is 0 Å². The summed E-state index contributed by atoms with van der Waals surface area (Å²) in [5.41, 5.74) is 2.59. The number of aliphatic hydroxyl groups is 1. The van der Waals surface area contributed by atoms with E-state index in [1.807, 2.05) is 13.0 Å². The monoisotopic (exact) mass is 295 g/mol. The third-order valence-corrected chi connectivity index (χ3v) is 3.71. The summed E-state index contributed by atoms with van der Waals surface area (Å²) in [6, 6.07) is 2.35. The molecule has 0 amide bonds. The molecular weight excluding hydrogens is 270 g/mol. The minimum absolute atomic E-state index is 0.183. The average Bonchev–Trinajstić information content (AvgIpc) is 2.46. The molecule has 1 aromatic heterocycles. The number of aliphatic hydroxyl groups excluding tert-OH is 1. The number of nitrogens with zero attached hydrogens (tertiary/aromatic N) is 3. The Labute approximate surface area is 125 Å². The van der Waals surface area contributed by atoms with Gasteiger partial charge in [-0.2, -0.15) is 0 Å². The summed E-state index contributed by atoms with van der Waals surface area (Å²) >= 11 is 0. The number of ether oxygens (including phenoxy) is 1. The molecule has 0 spiro atoms. The Morgan fingerprint density at radius 3 is 2.86 bits per heavy atom. The van der Waals surface area contributed by atoms with Crippen molar-refractivity contribution >= 4 is 11.6 Å². The average molecular weight is 295 g/mol. The van der Waals surface area contributed by atoms with Crippen molar-refractivity contribution in [2.75, 3.05) is 30.1 Å². The van der Waals surface area contributed by atoms with Crippen LogP contribution in [0.4, 0.5) is 11.6 Å². The number of nitrogens with one attached hydrogen (secondary N) is 1. The molecule has 1 saturated carbocycles. The third-order valence-electron chi connectivity index (χ3n) is 3.71. The van der Waals surface area contributed by atoms with Crippen molar-refractivity contribution < 1.29 is 9.84 Å². The first kappa shape index (κ1) is 15.9. The van der Waals surface area contributed by atoms with Gasteiger partial charge in [0.15, 0.2) is 5.82 Å². The van der Waals surface area contributed by atoms with Crippen molar-refractivity contribution in [2.24, 2.45) is 5.84 Å². The molecule has 7 nitrogen and oxygen atoms in total. The number of hydrogen-bond acceptors (Lipinski definition) is 7. The molecule has 0 atom stereocenters. The molecule has 2 rings (SSSR count). The van der Waals surface area contributed by atoms with Crippen molar-refractivity contribution in [3.05, 3.63) is 11.9 Å². The van der Waals surface area contributed by atoms with Crippen LogP contribution in [-0.4, -0.2) is 40.9 Å². The molecule has 0 bridgehead atoms. The van der Waals surface area contributed by atoms with Crippen LogP contribution < -0.4 is 16.2 Å². The predicted octanol–water partition coefficient (Wildman–Crippen LogP) is 1.04. The number of aromatic nitrogens is 2. The first-order chi connectivity index (χ1) is 10.3. The molecule has 7 heteroatoms. The fourth-order valence-corrected chi connectivity index (χ4v) is 2.39. The van der Waals surface area contributed by atoms with Gasteiger partial charge in [0.25, 0.3) is 0 Å². The molecule has 21 heavy (non-hydrogen) atoms. The summed E-state index contributed by atoms with van der Waals surface area (Å²) in [5.74, 6) is 7.56. The van der Waals surface area contributed by atoms with Crippen LogP contribution in [-0.2, 0) is 11.3 Å². The van der Waals surface area contributed by atoms with Crippen LogP contribution >= 0.6 is 0 Å². The highest BCUT2D eigenvalue weighted by molar-refractivity contribution is 5.50. The van der Waals surface area contributed by atoms with Crippen molar-refractivity contribution in [1.29, 1.82) is 0 Å². The number of hydrazine groups is 1. The number of nitrogen functional groups attached to an aromatic ring is 1. The van der Waals surface area contributed by atoms with Crippen LogP contribution in [0.25, 0.3) is 0 Å². The molecule has 4 N–H and O–H groups in total. The molecule has 1 heterocycles. The predicted molar refractivity (Wildman–Crippen MR) is 81.9 cm³/mol. The zero-order valence-electron chi connectivity index (χ0n) is 12.6. The Bertz CT molecular complexity index is 439. The Morgan fingerprint density at radius 1 is 1.48 bits per heavy atom. The quantitative estimate of drug-likeness (QED) is 0.462. The fourth-order valence-electron chi connectivity index (χ4n) is 2.39. The van der Waals surface area contributed by atoms with E-state index in [0.29, 0.717) is 30.9 Å². The number of hydrogen-bond donors (Lipinski definition) is 3. The maximum Gasteiger partial charge on any atom is 0.158 e. The number of anilines is 2. The highest BCUT2D eigenvalue weighted by Gasteiger charge is 2.26. The lowest BCUT2D eigenvalue weighted by molar-refractivity contribution is 0.128. The fraction of sp³-hybridized carbons (Fsp3) is 0.714. The van der Waals surface area contributed by atoms with Gasteiger partial charge >= 0.3 is 0 Å². The van der Waals surface area contributed by atoms with Gasteiger partial charge in [0.1, 0.15) is 18.2 Å². The summed E-state index contributed by atoms with van der Waals surface area (Å²) in [7, 11) is 0. The highest BCUT2D eigenvalue weighted by atomic mass is 16.5. The van der Waals surface area contributed by atoms with Gasteiger partial charge in [0.05, 0.1) is 0 Å². The molecule has 0 unspecified atom stereocenters. The van der Waals surface area contributed by atoms with Crippen molar-refractivity contribution in [1.82, 2.24) is 9.97 Å². The molecule has 1 aliphatic carbocycles. The Balaban J connectivity index is 2.20. The zero-order valence-corrected chi connectivity index (χ0v) is 12.6. The van der Waals surface area contributed by atoms with Crippen LogP contribution in [0.15, 0.2) is 6.07 Å². The third kappa shape index (κ3) is 4.26. The van der Waals surface area contributed by atoms with Crippen molar-refractivity contribution in [2.45, 2.75) is 45.3 Å². The van der Waals surface area contributed by atoms with Crippen LogP contribution in [0.2, 0.25) is 0 Å². The van der Waals surface area contributed by atoms with Gasteiger partial charge in [-0.1, -0.05) is 0 Å². The van der Waals surface area contributed by atoms with Gasteiger partial charge in [-0.25, -0.2) is 15.8 Å². The second-order valence-electron chi connectivity index (χ2n) is 5.16. The summed E-state index contributed by atoms with van der Waals surface area (Å²) in [6.45, 7) is 3.90. The Kier molecular flexibility index (Phi) is 6.16. The van der Waals surface area contributed by atoms with Crippen molar-refractivity contribution in [3.8, 4) is 0 Å². The molecule has 0 aromatic carbocycles. The minimum atomic E-state index is 0.183. The molecule has 0 saturated heterocycles. The largest absolute Gasteiger partial charge is 0.396 e. The van der Waals surface area contributed by atoms with Crippen LogP contribution in [0, 0.1) is 0 Å². The summed E-state index contributed by atoms with van der Waals surface area (Å²) < 4.78 is 5.38. The lowest BCUT2D eigenvalue weighted by Crippen LogP contribution is -2.42. The van der Waals surface area contributed by atoms with E-state index in [2.05, 4.69) is 20.3 Å². The van der Waals surface area contributed by atoms with Crippen LogP contribution in [0.3, 0.4) is 0 Å². The molecule has 0 radical (unpaired) electrons. The van der Waals surface area contributed by atoms with E-state index in [1.165, 1.54) is 19.3 Å². The molecular formula is C14H25N5O2. The van der Waals surface area contributed by atoms with Gasteiger partial charge < -0.3 is 20.2 Å². The summed E-state index contributed by atoms with van der Waals surface area (Å²) in [4.78, 5) is 11.1. The number of rotatable bonds is 9. The van der Waals surface area contributed by atoms with Crippen LogP contribution in [0.5, 0.6) is 0 Å². The van der Waals surface area contributed by atoms with Gasteiger partial charge in [0, 0.05) is 31.9 Å². The molecule has 0 aliphatic heterocycles. The molecule has 1 aliphatic rings. The molecule has 1 fully saturated rings.